The van der Waals surface area contributed by atoms with Gasteiger partial charge in [-0.2, -0.15) is 0 Å². The summed E-state index contributed by atoms with van der Waals surface area (Å²) >= 11 is 1.24. The van der Waals surface area contributed by atoms with E-state index in [2.05, 4.69) is 43.0 Å². The molecule has 4 heterocycles. The fourth-order valence-electron chi connectivity index (χ4n) is 4.61. The third kappa shape index (κ3) is 5.10. The van der Waals surface area contributed by atoms with Crippen LogP contribution in [0.25, 0.3) is 10.4 Å². The first-order chi connectivity index (χ1) is 15.8. The normalized spacial score (nSPS) is 23.0. The summed E-state index contributed by atoms with van der Waals surface area (Å²) in [5.74, 6) is 0.379. The molecule has 34 heavy (non-hydrogen) atoms. The van der Waals surface area contributed by atoms with E-state index in [0.717, 1.165) is 29.8 Å². The highest BCUT2D eigenvalue weighted by molar-refractivity contribution is 7.17. The highest BCUT2D eigenvalue weighted by Crippen LogP contribution is 2.36. The van der Waals surface area contributed by atoms with Crippen LogP contribution in [0.15, 0.2) is 12.3 Å². The molecule has 0 radical (unpaired) electrons. The molecule has 4 rings (SSSR count). The molecule has 0 aliphatic carbocycles. The van der Waals surface area contributed by atoms with Crippen molar-refractivity contribution in [2.24, 2.45) is 0 Å². The van der Waals surface area contributed by atoms with Crippen LogP contribution in [0.4, 0.5) is 5.82 Å². The molecule has 2 aromatic rings. The quantitative estimate of drug-likeness (QED) is 0.681. The number of hydrogen-bond donors (Lipinski definition) is 2. The molecule has 8 nitrogen and oxygen atoms in total. The first-order valence-corrected chi connectivity index (χ1v) is 12.7. The Labute approximate surface area is 205 Å². The number of likely N-dealkylation sites (tertiary alicyclic amines) is 2. The molecule has 2 saturated heterocycles. The Bertz CT molecular complexity index is 1100. The second-order valence-corrected chi connectivity index (χ2v) is 11.9. The smallest absolute Gasteiger partial charge is 0.282 e. The zero-order chi connectivity index (χ0) is 24.8. The van der Waals surface area contributed by atoms with E-state index in [1.165, 1.54) is 11.3 Å². The number of carbonyl (C=O) groups excluding carboxylic acids is 2. The van der Waals surface area contributed by atoms with Crippen LogP contribution < -0.4 is 5.32 Å². The van der Waals surface area contributed by atoms with Gasteiger partial charge in [-0.15, -0.1) is 11.3 Å². The molecule has 2 aliphatic rings. The van der Waals surface area contributed by atoms with Crippen LogP contribution in [0.1, 0.15) is 79.7 Å². The van der Waals surface area contributed by atoms with Crippen LogP contribution in [0.3, 0.4) is 0 Å². The van der Waals surface area contributed by atoms with Gasteiger partial charge in [-0.25, -0.2) is 9.97 Å². The fraction of sp³-hybridized carbons (Fsp3) is 0.600. The molecule has 2 atom stereocenters. The van der Waals surface area contributed by atoms with E-state index in [-0.39, 0.29) is 34.9 Å². The van der Waals surface area contributed by atoms with Gasteiger partial charge in [0, 0.05) is 43.0 Å². The number of aliphatic hydroxyl groups is 1. The number of aryl methyl sites for hydroxylation is 1. The SMILES string of the molecule is Cc1cc(NC(C)(C)C)ncc1-c1sc(C(=O)N2CC[C@](C)(O)C2)nc1C(=O)N1CCC[C@@H]1C. The predicted octanol–water partition coefficient (Wildman–Crippen LogP) is 3.95. The first kappa shape index (κ1) is 24.6. The average Bonchev–Trinajstić information content (AvgIpc) is 3.44. The van der Waals surface area contributed by atoms with Gasteiger partial charge in [-0.1, -0.05) is 0 Å². The molecule has 0 aromatic carbocycles. The minimum atomic E-state index is -0.893. The van der Waals surface area contributed by atoms with E-state index < -0.39 is 5.60 Å². The number of nitrogens with one attached hydrogen (secondary N) is 1. The zero-order valence-corrected chi connectivity index (χ0v) is 21.8. The lowest BCUT2D eigenvalue weighted by molar-refractivity contribution is 0.0571. The Balaban J connectivity index is 1.73. The lowest BCUT2D eigenvalue weighted by atomic mass is 10.1. The number of rotatable bonds is 4. The molecular formula is C25H35N5O3S. The maximum Gasteiger partial charge on any atom is 0.282 e. The summed E-state index contributed by atoms with van der Waals surface area (Å²) in [4.78, 5) is 40.1. The Kier molecular flexibility index (Phi) is 6.46. The number of hydrogen-bond acceptors (Lipinski definition) is 7. The van der Waals surface area contributed by atoms with Crippen molar-refractivity contribution in [2.75, 3.05) is 25.0 Å². The van der Waals surface area contributed by atoms with Gasteiger partial charge in [0.05, 0.1) is 10.5 Å². The topological polar surface area (TPSA) is 98.7 Å². The molecule has 0 unspecified atom stereocenters. The number of nitrogens with zero attached hydrogens (tertiary/aromatic N) is 4. The van der Waals surface area contributed by atoms with Gasteiger partial charge in [0.25, 0.3) is 11.8 Å². The van der Waals surface area contributed by atoms with E-state index in [0.29, 0.717) is 30.1 Å². The van der Waals surface area contributed by atoms with Crippen LogP contribution in [0.2, 0.25) is 0 Å². The lowest BCUT2D eigenvalue weighted by Gasteiger charge is -2.22. The summed E-state index contributed by atoms with van der Waals surface area (Å²) < 4.78 is 0. The van der Waals surface area contributed by atoms with Crippen molar-refractivity contribution in [1.82, 2.24) is 19.8 Å². The van der Waals surface area contributed by atoms with Crippen LogP contribution in [-0.4, -0.2) is 73.5 Å². The van der Waals surface area contributed by atoms with Crippen LogP contribution in [0, 0.1) is 6.92 Å². The van der Waals surface area contributed by atoms with Crippen LogP contribution in [0.5, 0.6) is 0 Å². The van der Waals surface area contributed by atoms with Crippen molar-refractivity contribution < 1.29 is 14.7 Å². The highest BCUT2D eigenvalue weighted by Gasteiger charge is 2.37. The lowest BCUT2D eigenvalue weighted by Crippen LogP contribution is -2.35. The average molecular weight is 486 g/mol. The van der Waals surface area contributed by atoms with Gasteiger partial charge in [0.15, 0.2) is 5.01 Å². The molecule has 2 fully saturated rings. The van der Waals surface area contributed by atoms with Crippen molar-refractivity contribution in [3.05, 3.63) is 28.5 Å². The summed E-state index contributed by atoms with van der Waals surface area (Å²) in [5.41, 5.74) is 1.05. The molecule has 2 aromatic heterocycles. The Morgan fingerprint density at radius 3 is 2.56 bits per heavy atom. The first-order valence-electron chi connectivity index (χ1n) is 11.9. The Hall–Kier alpha value is -2.52. The standard InChI is InChI=1S/C25H35N5O3S/c1-15-12-18(28-24(3,4)5)26-13-17(15)20-19(22(31)30-10-7-8-16(30)2)27-21(34-20)23(32)29-11-9-25(6,33)14-29/h12-13,16,33H,7-11,14H2,1-6H3,(H,26,28)/t16-,25-/m0/s1. The van der Waals surface area contributed by atoms with E-state index >= 15 is 0 Å². The number of carbonyl (C=O) groups is 2. The summed E-state index contributed by atoms with van der Waals surface area (Å²) in [5, 5.41) is 14.0. The largest absolute Gasteiger partial charge is 0.388 e. The second-order valence-electron chi connectivity index (χ2n) is 10.9. The van der Waals surface area contributed by atoms with Gasteiger partial charge in [-0.05, 0) is 72.4 Å². The predicted molar refractivity (Wildman–Crippen MR) is 134 cm³/mol. The van der Waals surface area contributed by atoms with Gasteiger partial charge in [0.1, 0.15) is 11.5 Å². The Morgan fingerprint density at radius 1 is 1.26 bits per heavy atom. The summed E-state index contributed by atoms with van der Waals surface area (Å²) in [6.45, 7) is 13.4. The van der Waals surface area contributed by atoms with Crippen molar-refractivity contribution in [3.63, 3.8) is 0 Å². The molecule has 0 saturated carbocycles. The van der Waals surface area contributed by atoms with Crippen molar-refractivity contribution in [2.45, 2.75) is 78.0 Å². The number of anilines is 1. The molecule has 184 valence electrons. The summed E-state index contributed by atoms with van der Waals surface area (Å²) in [6, 6.07) is 2.11. The molecular weight excluding hydrogens is 450 g/mol. The van der Waals surface area contributed by atoms with Gasteiger partial charge in [0.2, 0.25) is 0 Å². The second kappa shape index (κ2) is 8.92. The maximum atomic E-state index is 13.6. The van der Waals surface area contributed by atoms with Crippen LogP contribution in [-0.2, 0) is 0 Å². The van der Waals surface area contributed by atoms with Gasteiger partial charge in [-0.3, -0.25) is 9.59 Å². The van der Waals surface area contributed by atoms with Crippen molar-refractivity contribution in [3.8, 4) is 10.4 Å². The molecule has 0 spiro atoms. The third-order valence-electron chi connectivity index (χ3n) is 6.42. The number of thiazole rings is 1. The number of aromatic nitrogens is 2. The minimum absolute atomic E-state index is 0.130. The molecule has 0 bridgehead atoms. The summed E-state index contributed by atoms with van der Waals surface area (Å²) in [6.07, 6.45) is 4.22. The fourth-order valence-corrected chi connectivity index (χ4v) is 5.71. The van der Waals surface area contributed by atoms with Crippen molar-refractivity contribution >= 4 is 29.0 Å². The van der Waals surface area contributed by atoms with E-state index in [1.807, 2.05) is 17.9 Å². The van der Waals surface area contributed by atoms with Gasteiger partial charge >= 0.3 is 0 Å². The zero-order valence-electron chi connectivity index (χ0n) is 20.9. The minimum Gasteiger partial charge on any atom is -0.388 e. The van der Waals surface area contributed by atoms with E-state index in [4.69, 9.17) is 0 Å². The molecule has 2 amide bonds. The van der Waals surface area contributed by atoms with E-state index in [1.54, 1.807) is 18.0 Å². The monoisotopic (exact) mass is 485 g/mol. The third-order valence-corrected chi connectivity index (χ3v) is 7.50. The molecule has 2 aliphatic heterocycles. The maximum absolute atomic E-state index is 13.6. The molecule has 2 N–H and O–H groups in total. The van der Waals surface area contributed by atoms with Crippen LogP contribution >= 0.6 is 11.3 Å². The highest BCUT2D eigenvalue weighted by atomic mass is 32.1. The van der Waals surface area contributed by atoms with Crippen molar-refractivity contribution in [1.29, 1.82) is 0 Å². The molecule has 9 heteroatoms. The number of amides is 2. The Morgan fingerprint density at radius 2 is 2.00 bits per heavy atom. The summed E-state index contributed by atoms with van der Waals surface area (Å²) in [7, 11) is 0. The number of β-amino-alcohol motifs (C(OH)–C–C–N with tert-alkyl or cyclic N) is 1. The van der Waals surface area contributed by atoms with E-state index in [9.17, 15) is 14.7 Å². The van der Waals surface area contributed by atoms with Gasteiger partial charge < -0.3 is 20.2 Å². The number of pyridine rings is 1.